The third-order valence-electron chi connectivity index (χ3n) is 3.47. The molecule has 1 amide bonds. The van der Waals surface area contributed by atoms with Crippen molar-refractivity contribution >= 4 is 50.7 Å². The highest BCUT2D eigenvalue weighted by atomic mass is 35.5. The van der Waals surface area contributed by atoms with Crippen LogP contribution in [0.5, 0.6) is 0 Å². The van der Waals surface area contributed by atoms with Gasteiger partial charge in [0, 0.05) is 15.1 Å². The first-order valence-corrected chi connectivity index (χ1v) is 10.0. The summed E-state index contributed by atoms with van der Waals surface area (Å²) < 4.78 is 27.8. The van der Waals surface area contributed by atoms with Crippen molar-refractivity contribution in [1.82, 2.24) is 19.7 Å². The molecule has 0 radical (unpaired) electrons. The van der Waals surface area contributed by atoms with Gasteiger partial charge in [-0.1, -0.05) is 46.1 Å². The Bertz CT molecular complexity index is 1100. The van der Waals surface area contributed by atoms with Crippen LogP contribution >= 0.6 is 34.8 Å². The fraction of sp³-hybridized carbons (Fsp3) is 0.0625. The minimum atomic E-state index is -4.06. The number of aromatic nitrogens is 3. The topological polar surface area (TPSA) is 94.0 Å². The third kappa shape index (κ3) is 4.78. The van der Waals surface area contributed by atoms with E-state index in [9.17, 15) is 13.2 Å². The highest BCUT2D eigenvalue weighted by molar-refractivity contribution is 7.90. The van der Waals surface area contributed by atoms with Gasteiger partial charge >= 0.3 is 0 Å². The number of nitrogens with one attached hydrogen (secondary N) is 1. The van der Waals surface area contributed by atoms with Gasteiger partial charge in [0.25, 0.3) is 15.9 Å². The number of benzene rings is 2. The molecule has 0 atom stereocenters. The maximum absolute atomic E-state index is 12.2. The summed E-state index contributed by atoms with van der Waals surface area (Å²) in [6.07, 6.45) is 1.32. The van der Waals surface area contributed by atoms with E-state index in [1.54, 1.807) is 18.2 Å². The quantitative estimate of drug-likeness (QED) is 0.649. The molecule has 0 bridgehead atoms. The van der Waals surface area contributed by atoms with Crippen LogP contribution in [0.3, 0.4) is 0 Å². The summed E-state index contributed by atoms with van der Waals surface area (Å²) in [5, 5.41) is 8.82. The van der Waals surface area contributed by atoms with Crippen LogP contribution in [0.25, 0.3) is 0 Å². The Morgan fingerprint density at radius 1 is 1.04 bits per heavy atom. The monoisotopic (exact) mass is 444 g/mol. The second kappa shape index (κ2) is 7.85. The number of rotatable bonds is 5. The van der Waals surface area contributed by atoms with E-state index in [0.29, 0.717) is 20.6 Å². The molecule has 0 saturated heterocycles. The first kappa shape index (κ1) is 19.6. The molecule has 3 rings (SSSR count). The molecule has 3 aromatic rings. The van der Waals surface area contributed by atoms with Crippen LogP contribution in [-0.2, 0) is 16.6 Å². The number of sulfonamides is 1. The lowest BCUT2D eigenvalue weighted by molar-refractivity contribution is 0.0976. The molecule has 0 aliphatic carbocycles. The van der Waals surface area contributed by atoms with Crippen LogP contribution in [0.15, 0.2) is 53.6 Å². The van der Waals surface area contributed by atoms with Gasteiger partial charge < -0.3 is 0 Å². The summed E-state index contributed by atoms with van der Waals surface area (Å²) >= 11 is 17.7. The van der Waals surface area contributed by atoms with Crippen LogP contribution < -0.4 is 4.72 Å². The second-order valence-corrected chi connectivity index (χ2v) is 8.39. The summed E-state index contributed by atoms with van der Waals surface area (Å²) in [4.78, 5) is 12.1. The Kier molecular flexibility index (Phi) is 5.71. The van der Waals surface area contributed by atoms with Crippen LogP contribution in [0.4, 0.5) is 0 Å². The maximum Gasteiger partial charge on any atom is 0.287 e. The lowest BCUT2D eigenvalue weighted by atomic mass is 10.2. The number of hydrogen-bond donors (Lipinski definition) is 1. The molecule has 0 aliphatic heterocycles. The summed E-state index contributed by atoms with van der Waals surface area (Å²) in [7, 11) is -4.06. The predicted molar refractivity (Wildman–Crippen MR) is 102 cm³/mol. The average Bonchev–Trinajstić information content (AvgIpc) is 3.06. The Hall–Kier alpha value is -2.13. The van der Waals surface area contributed by atoms with E-state index in [0.717, 1.165) is 0 Å². The van der Waals surface area contributed by atoms with Crippen molar-refractivity contribution in [3.05, 3.63) is 75.0 Å². The lowest BCUT2D eigenvalue weighted by Gasteiger charge is -2.05. The van der Waals surface area contributed by atoms with Gasteiger partial charge in [-0.15, -0.1) is 5.10 Å². The van der Waals surface area contributed by atoms with Crippen molar-refractivity contribution in [3.63, 3.8) is 0 Å². The number of carbonyl (C=O) groups is 1. The summed E-state index contributed by atoms with van der Waals surface area (Å²) in [6.45, 7) is 0.236. The number of halogens is 3. The zero-order valence-electron chi connectivity index (χ0n) is 13.4. The van der Waals surface area contributed by atoms with Crippen molar-refractivity contribution in [2.45, 2.75) is 11.4 Å². The van der Waals surface area contributed by atoms with E-state index in [1.807, 2.05) is 4.72 Å². The predicted octanol–water partition coefficient (Wildman–Crippen LogP) is 3.41. The van der Waals surface area contributed by atoms with E-state index in [-0.39, 0.29) is 17.1 Å². The van der Waals surface area contributed by atoms with Gasteiger partial charge in [-0.3, -0.25) is 4.79 Å². The van der Waals surface area contributed by atoms with Gasteiger partial charge in [0.15, 0.2) is 5.69 Å². The van der Waals surface area contributed by atoms with Crippen LogP contribution in [-0.4, -0.2) is 29.3 Å². The van der Waals surface area contributed by atoms with Gasteiger partial charge in [0.2, 0.25) is 0 Å². The minimum Gasteiger partial charge on any atom is -0.266 e. The van der Waals surface area contributed by atoms with E-state index in [4.69, 9.17) is 34.8 Å². The lowest BCUT2D eigenvalue weighted by Crippen LogP contribution is -2.30. The van der Waals surface area contributed by atoms with Gasteiger partial charge in [-0.25, -0.2) is 17.8 Å². The normalized spacial score (nSPS) is 11.4. The van der Waals surface area contributed by atoms with Crippen molar-refractivity contribution in [2.24, 2.45) is 0 Å². The number of hydrogen-bond acceptors (Lipinski definition) is 5. The van der Waals surface area contributed by atoms with E-state index in [2.05, 4.69) is 10.3 Å². The molecular formula is C16H11Cl3N4O3S. The molecule has 0 saturated carbocycles. The molecule has 0 fully saturated rings. The second-order valence-electron chi connectivity index (χ2n) is 5.43. The van der Waals surface area contributed by atoms with E-state index < -0.39 is 15.9 Å². The van der Waals surface area contributed by atoms with Gasteiger partial charge in [0.1, 0.15) is 0 Å². The standard InChI is InChI=1S/C16H11Cl3N4O3S/c17-11-3-5-13(6-4-11)27(25,26)21-16(24)15-9-23(22-20-15)8-10-1-2-12(18)7-14(10)19/h1-7,9H,8H2,(H,21,24). The third-order valence-corrected chi connectivity index (χ3v) is 5.66. The highest BCUT2D eigenvalue weighted by Gasteiger charge is 2.21. The van der Waals surface area contributed by atoms with Crippen LogP contribution in [0.2, 0.25) is 15.1 Å². The number of amides is 1. The van der Waals surface area contributed by atoms with Gasteiger partial charge in [-0.2, -0.15) is 0 Å². The Morgan fingerprint density at radius 2 is 1.70 bits per heavy atom. The summed E-state index contributed by atoms with van der Waals surface area (Å²) in [6, 6.07) is 10.4. The van der Waals surface area contributed by atoms with E-state index in [1.165, 1.54) is 35.1 Å². The highest BCUT2D eigenvalue weighted by Crippen LogP contribution is 2.21. The molecule has 1 aromatic heterocycles. The molecule has 0 aliphatic rings. The molecule has 0 unspecified atom stereocenters. The molecule has 2 aromatic carbocycles. The van der Waals surface area contributed by atoms with Crippen molar-refractivity contribution in [2.75, 3.05) is 0 Å². The number of carbonyl (C=O) groups excluding carboxylic acids is 1. The van der Waals surface area contributed by atoms with Crippen molar-refractivity contribution in [1.29, 1.82) is 0 Å². The van der Waals surface area contributed by atoms with Crippen molar-refractivity contribution < 1.29 is 13.2 Å². The first-order valence-electron chi connectivity index (χ1n) is 7.41. The molecular weight excluding hydrogens is 435 g/mol. The van der Waals surface area contributed by atoms with Crippen LogP contribution in [0.1, 0.15) is 16.1 Å². The van der Waals surface area contributed by atoms with Crippen molar-refractivity contribution in [3.8, 4) is 0 Å². The molecule has 140 valence electrons. The molecule has 11 heteroatoms. The smallest absolute Gasteiger partial charge is 0.266 e. The first-order chi connectivity index (χ1) is 12.7. The zero-order chi connectivity index (χ0) is 19.6. The largest absolute Gasteiger partial charge is 0.287 e. The Morgan fingerprint density at radius 3 is 2.37 bits per heavy atom. The molecule has 1 N–H and O–H groups in total. The fourth-order valence-corrected chi connectivity index (χ4v) is 3.71. The Balaban J connectivity index is 1.74. The molecule has 7 nitrogen and oxygen atoms in total. The minimum absolute atomic E-state index is 0.0967. The maximum atomic E-state index is 12.2. The Labute approximate surface area is 169 Å². The number of nitrogens with zero attached hydrogens (tertiary/aromatic N) is 3. The van der Waals surface area contributed by atoms with Crippen LogP contribution in [0, 0.1) is 0 Å². The molecule has 1 heterocycles. The summed E-state index contributed by atoms with van der Waals surface area (Å²) in [5.41, 5.74) is 0.560. The van der Waals surface area contributed by atoms with E-state index >= 15 is 0 Å². The van der Waals surface area contributed by atoms with Gasteiger partial charge in [-0.05, 0) is 42.0 Å². The zero-order valence-corrected chi connectivity index (χ0v) is 16.5. The SMILES string of the molecule is O=C(NS(=O)(=O)c1ccc(Cl)cc1)c1cn(Cc2ccc(Cl)cc2Cl)nn1. The van der Waals surface area contributed by atoms with Gasteiger partial charge in [0.05, 0.1) is 17.6 Å². The summed E-state index contributed by atoms with van der Waals surface area (Å²) in [5.74, 6) is -0.904. The average molecular weight is 446 g/mol. The molecule has 0 spiro atoms. The fourth-order valence-electron chi connectivity index (χ4n) is 2.15. The molecule has 27 heavy (non-hydrogen) atoms.